The van der Waals surface area contributed by atoms with Gasteiger partial charge in [-0.15, -0.1) is 0 Å². The number of nitrogens with one attached hydrogen (secondary N) is 1. The van der Waals surface area contributed by atoms with Crippen molar-refractivity contribution < 1.29 is 14.3 Å². The molecule has 7 nitrogen and oxygen atoms in total. The fraction of sp³-hybridized carbons (Fsp3) is 0. The Hall–Kier alpha value is -3.81. The molecule has 0 unspecified atom stereocenters. The van der Waals surface area contributed by atoms with Crippen LogP contribution in [-0.2, 0) is 0 Å². The van der Waals surface area contributed by atoms with Crippen LogP contribution in [0.1, 0.15) is 10.4 Å². The number of halogens is 1. The Morgan fingerprint density at radius 2 is 1.92 bits per heavy atom. The highest BCUT2D eigenvalue weighted by molar-refractivity contribution is 5.90. The molecular formula is C18H12FN5O2. The van der Waals surface area contributed by atoms with E-state index in [-0.39, 0.29) is 11.4 Å². The number of hydrogen-bond acceptors (Lipinski definition) is 5. The highest BCUT2D eigenvalue weighted by Gasteiger charge is 2.12. The largest absolute Gasteiger partial charge is 0.478 e. The van der Waals surface area contributed by atoms with Gasteiger partial charge in [0.05, 0.1) is 22.8 Å². The molecule has 128 valence electrons. The molecule has 0 saturated carbocycles. The third-order valence-corrected chi connectivity index (χ3v) is 3.81. The van der Waals surface area contributed by atoms with Crippen LogP contribution >= 0.6 is 0 Å². The van der Waals surface area contributed by atoms with Crippen molar-refractivity contribution >= 4 is 28.5 Å². The lowest BCUT2D eigenvalue weighted by molar-refractivity contribution is 0.0697. The summed E-state index contributed by atoms with van der Waals surface area (Å²) < 4.78 is 15.0. The van der Waals surface area contributed by atoms with Crippen molar-refractivity contribution in [1.82, 2.24) is 19.7 Å². The molecular weight excluding hydrogens is 337 g/mol. The lowest BCUT2D eigenvalue weighted by Crippen LogP contribution is -2.00. The van der Waals surface area contributed by atoms with Gasteiger partial charge in [0.1, 0.15) is 18.0 Å². The van der Waals surface area contributed by atoms with Crippen LogP contribution in [0.4, 0.5) is 15.9 Å². The number of carboxylic acids is 1. The Balaban J connectivity index is 1.72. The number of aromatic nitrogens is 4. The van der Waals surface area contributed by atoms with Crippen molar-refractivity contribution in [1.29, 1.82) is 0 Å². The quantitative estimate of drug-likeness (QED) is 0.587. The van der Waals surface area contributed by atoms with Crippen LogP contribution in [-0.4, -0.2) is 30.8 Å². The van der Waals surface area contributed by atoms with Crippen molar-refractivity contribution in [2.24, 2.45) is 0 Å². The summed E-state index contributed by atoms with van der Waals surface area (Å²) in [5.74, 6) is -0.838. The van der Waals surface area contributed by atoms with Gasteiger partial charge in [-0.2, -0.15) is 5.10 Å². The number of anilines is 2. The first-order valence-corrected chi connectivity index (χ1v) is 7.67. The molecule has 0 radical (unpaired) electrons. The lowest BCUT2D eigenvalue weighted by Gasteiger charge is -2.07. The minimum absolute atomic E-state index is 0.197. The molecule has 0 aliphatic heterocycles. The monoisotopic (exact) mass is 349 g/mol. The van der Waals surface area contributed by atoms with E-state index in [1.165, 1.54) is 35.3 Å². The van der Waals surface area contributed by atoms with Gasteiger partial charge in [0, 0.05) is 5.69 Å². The molecule has 0 aliphatic carbocycles. The summed E-state index contributed by atoms with van der Waals surface area (Å²) >= 11 is 0. The van der Waals surface area contributed by atoms with Crippen LogP contribution in [0.25, 0.3) is 16.7 Å². The number of nitrogens with zero attached hydrogens (tertiary/aromatic N) is 4. The molecule has 0 amide bonds. The molecule has 2 heterocycles. The molecule has 2 N–H and O–H groups in total. The van der Waals surface area contributed by atoms with Crippen LogP contribution in [0.2, 0.25) is 0 Å². The molecule has 4 aromatic rings. The second-order valence-electron chi connectivity index (χ2n) is 5.50. The van der Waals surface area contributed by atoms with E-state index in [0.29, 0.717) is 28.2 Å². The van der Waals surface area contributed by atoms with Crippen LogP contribution in [0.15, 0.2) is 61.1 Å². The zero-order valence-corrected chi connectivity index (χ0v) is 13.3. The fourth-order valence-corrected chi connectivity index (χ4v) is 2.57. The molecule has 0 bridgehead atoms. The van der Waals surface area contributed by atoms with Gasteiger partial charge < -0.3 is 10.4 Å². The first-order valence-electron chi connectivity index (χ1n) is 7.67. The Morgan fingerprint density at radius 3 is 2.65 bits per heavy atom. The third kappa shape index (κ3) is 2.84. The number of fused-ring (bicyclic) bond motifs is 1. The first kappa shape index (κ1) is 15.7. The maximum atomic E-state index is 13.5. The van der Waals surface area contributed by atoms with Crippen molar-refractivity contribution in [3.8, 4) is 5.69 Å². The van der Waals surface area contributed by atoms with Crippen molar-refractivity contribution in [2.45, 2.75) is 0 Å². The average Bonchev–Trinajstić information content (AvgIpc) is 3.07. The number of rotatable bonds is 4. The fourth-order valence-electron chi connectivity index (χ4n) is 2.57. The highest BCUT2D eigenvalue weighted by atomic mass is 19.1. The molecule has 26 heavy (non-hydrogen) atoms. The summed E-state index contributed by atoms with van der Waals surface area (Å²) in [6, 6.07) is 12.4. The van der Waals surface area contributed by atoms with Gasteiger partial charge in [-0.3, -0.25) is 0 Å². The molecule has 0 saturated heterocycles. The number of carbonyl (C=O) groups is 1. The lowest BCUT2D eigenvalue weighted by atomic mass is 10.2. The second kappa shape index (κ2) is 6.25. The van der Waals surface area contributed by atoms with Crippen molar-refractivity contribution in [3.63, 3.8) is 0 Å². The molecule has 0 spiro atoms. The van der Waals surface area contributed by atoms with E-state index >= 15 is 0 Å². The van der Waals surface area contributed by atoms with E-state index in [1.807, 2.05) is 0 Å². The maximum absolute atomic E-state index is 13.5. The summed E-state index contributed by atoms with van der Waals surface area (Å²) in [5.41, 5.74) is 1.95. The topological polar surface area (TPSA) is 92.9 Å². The van der Waals surface area contributed by atoms with Crippen LogP contribution in [0, 0.1) is 5.82 Å². The second-order valence-corrected chi connectivity index (χ2v) is 5.50. The van der Waals surface area contributed by atoms with Crippen molar-refractivity contribution in [2.75, 3.05) is 5.32 Å². The first-order chi connectivity index (χ1) is 12.6. The van der Waals surface area contributed by atoms with Crippen LogP contribution < -0.4 is 5.32 Å². The Morgan fingerprint density at radius 1 is 1.12 bits per heavy atom. The molecule has 0 aliphatic rings. The minimum atomic E-state index is -0.989. The van der Waals surface area contributed by atoms with E-state index in [0.717, 1.165) is 0 Å². The standard InChI is InChI=1S/C18H12FN5O2/c19-12-2-1-3-14(8-12)24-17-15(9-22-24)16(20-10-21-17)23-13-6-4-11(5-7-13)18(25)26/h1-10H,(H,25,26)(H,20,21,23). The summed E-state index contributed by atoms with van der Waals surface area (Å²) in [6.45, 7) is 0. The number of benzene rings is 2. The Kier molecular flexibility index (Phi) is 3.77. The SMILES string of the molecule is O=C(O)c1ccc(Nc2ncnc3c2cnn3-c2cccc(F)c2)cc1. The van der Waals surface area contributed by atoms with E-state index in [1.54, 1.807) is 30.5 Å². The summed E-state index contributed by atoms with van der Waals surface area (Å²) in [7, 11) is 0. The van der Waals surface area contributed by atoms with Crippen molar-refractivity contribution in [3.05, 3.63) is 72.4 Å². The van der Waals surface area contributed by atoms with E-state index in [2.05, 4.69) is 20.4 Å². The van der Waals surface area contributed by atoms with E-state index < -0.39 is 5.97 Å². The number of hydrogen-bond donors (Lipinski definition) is 2. The van der Waals surface area contributed by atoms with Crippen LogP contribution in [0.3, 0.4) is 0 Å². The summed E-state index contributed by atoms with van der Waals surface area (Å²) in [6.07, 6.45) is 2.97. The zero-order chi connectivity index (χ0) is 18.1. The smallest absolute Gasteiger partial charge is 0.335 e. The minimum Gasteiger partial charge on any atom is -0.478 e. The molecule has 8 heteroatoms. The van der Waals surface area contributed by atoms with Gasteiger partial charge in [-0.25, -0.2) is 23.8 Å². The molecule has 4 rings (SSSR count). The van der Waals surface area contributed by atoms with Gasteiger partial charge in [-0.1, -0.05) is 6.07 Å². The Labute approximate surface area is 146 Å². The molecule has 0 atom stereocenters. The third-order valence-electron chi connectivity index (χ3n) is 3.81. The number of carboxylic acid groups (broad SMARTS) is 1. The highest BCUT2D eigenvalue weighted by Crippen LogP contribution is 2.24. The summed E-state index contributed by atoms with van der Waals surface area (Å²) in [5, 5.41) is 17.0. The van der Waals surface area contributed by atoms with E-state index in [9.17, 15) is 9.18 Å². The van der Waals surface area contributed by atoms with Gasteiger partial charge in [0.25, 0.3) is 0 Å². The van der Waals surface area contributed by atoms with Gasteiger partial charge in [0.15, 0.2) is 5.65 Å². The van der Waals surface area contributed by atoms with E-state index in [4.69, 9.17) is 5.11 Å². The predicted octanol–water partition coefficient (Wildman–Crippen LogP) is 3.40. The molecule has 2 aromatic carbocycles. The maximum Gasteiger partial charge on any atom is 0.335 e. The number of aromatic carboxylic acids is 1. The molecule has 2 aromatic heterocycles. The molecule has 0 fully saturated rings. The normalized spacial score (nSPS) is 10.8. The average molecular weight is 349 g/mol. The van der Waals surface area contributed by atoms with Crippen LogP contribution in [0.5, 0.6) is 0 Å². The predicted molar refractivity (Wildman–Crippen MR) is 93.3 cm³/mol. The van der Waals surface area contributed by atoms with Gasteiger partial charge >= 0.3 is 5.97 Å². The zero-order valence-electron chi connectivity index (χ0n) is 13.3. The van der Waals surface area contributed by atoms with Gasteiger partial charge in [-0.05, 0) is 42.5 Å². The Bertz CT molecular complexity index is 1110. The summed E-state index contributed by atoms with van der Waals surface area (Å²) in [4.78, 5) is 19.4. The van der Waals surface area contributed by atoms with Gasteiger partial charge in [0.2, 0.25) is 0 Å².